The number of nitrogens with one attached hydrogen (secondary N) is 1. The number of β-amino-alcohol motifs (C(OH)–C–C–N with tert-alkyl or cyclic N) is 1. The highest BCUT2D eigenvalue weighted by atomic mass is 35.5. The van der Waals surface area contributed by atoms with Gasteiger partial charge < -0.3 is 15.2 Å². The van der Waals surface area contributed by atoms with Crippen LogP contribution < -0.4 is 10.1 Å². The summed E-state index contributed by atoms with van der Waals surface area (Å²) in [5.41, 5.74) is 0.578. The number of likely N-dealkylation sites (tertiary alicyclic amines) is 1. The number of alkyl halides is 1. The van der Waals surface area contributed by atoms with E-state index in [0.29, 0.717) is 41.9 Å². The van der Waals surface area contributed by atoms with Crippen LogP contribution in [0.15, 0.2) is 12.3 Å². The van der Waals surface area contributed by atoms with Crippen LogP contribution in [0.25, 0.3) is 5.52 Å². The normalized spacial score (nSPS) is 22.4. The van der Waals surface area contributed by atoms with Crippen LogP contribution in [0, 0.1) is 0 Å². The van der Waals surface area contributed by atoms with E-state index in [1.165, 1.54) is 7.11 Å². The summed E-state index contributed by atoms with van der Waals surface area (Å²) < 4.78 is 21.1. The molecule has 0 aliphatic carbocycles. The standard InChI is InChI=1S/C14H19ClFN5O2/c1-23-13-12-9(15)2-5-21(12)19-14(18-13)17-11-3-4-20(6-7-22)8-10(11)16/h2,5,10-11,22H,3-4,6-8H2,1H3,(H,17,19)/t10-,11+/m1/s1. The molecule has 3 heterocycles. The van der Waals surface area contributed by atoms with E-state index in [2.05, 4.69) is 15.4 Å². The van der Waals surface area contributed by atoms with Gasteiger partial charge in [0, 0.05) is 25.8 Å². The molecule has 0 radical (unpaired) electrons. The van der Waals surface area contributed by atoms with Crippen LogP contribution in [0.5, 0.6) is 5.88 Å². The van der Waals surface area contributed by atoms with Crippen LogP contribution in [0.2, 0.25) is 5.02 Å². The van der Waals surface area contributed by atoms with E-state index < -0.39 is 6.17 Å². The summed E-state index contributed by atoms with van der Waals surface area (Å²) in [7, 11) is 1.50. The van der Waals surface area contributed by atoms with Crippen molar-refractivity contribution < 1.29 is 14.2 Å². The Morgan fingerprint density at radius 3 is 3.09 bits per heavy atom. The molecule has 126 valence electrons. The largest absolute Gasteiger partial charge is 0.479 e. The summed E-state index contributed by atoms with van der Waals surface area (Å²) in [6, 6.07) is 1.32. The van der Waals surface area contributed by atoms with E-state index in [9.17, 15) is 4.39 Å². The Labute approximate surface area is 138 Å². The number of hydrogen-bond acceptors (Lipinski definition) is 6. The Morgan fingerprint density at radius 1 is 1.57 bits per heavy atom. The number of aromatic nitrogens is 3. The number of fused-ring (bicyclic) bond motifs is 1. The van der Waals surface area contributed by atoms with Gasteiger partial charge in [0.15, 0.2) is 0 Å². The van der Waals surface area contributed by atoms with E-state index in [1.807, 2.05) is 4.90 Å². The Hall–Kier alpha value is -1.64. The minimum absolute atomic E-state index is 0.0379. The van der Waals surface area contributed by atoms with Crippen LogP contribution in [0.1, 0.15) is 6.42 Å². The minimum atomic E-state index is -1.06. The third-order valence-electron chi connectivity index (χ3n) is 3.98. The van der Waals surface area contributed by atoms with Gasteiger partial charge in [0.25, 0.3) is 0 Å². The zero-order valence-electron chi connectivity index (χ0n) is 12.7. The van der Waals surface area contributed by atoms with Gasteiger partial charge in [0.1, 0.15) is 11.7 Å². The lowest BCUT2D eigenvalue weighted by Crippen LogP contribution is -2.48. The van der Waals surface area contributed by atoms with Crippen molar-refractivity contribution >= 4 is 23.1 Å². The zero-order chi connectivity index (χ0) is 16.4. The van der Waals surface area contributed by atoms with Crippen LogP contribution in [0.3, 0.4) is 0 Å². The average Bonchev–Trinajstić information content (AvgIpc) is 2.91. The molecule has 9 heteroatoms. The van der Waals surface area contributed by atoms with Gasteiger partial charge in [-0.1, -0.05) is 11.6 Å². The topological polar surface area (TPSA) is 74.9 Å². The lowest BCUT2D eigenvalue weighted by molar-refractivity contribution is 0.107. The van der Waals surface area contributed by atoms with Gasteiger partial charge in [0.2, 0.25) is 11.8 Å². The molecule has 23 heavy (non-hydrogen) atoms. The molecule has 2 aromatic rings. The van der Waals surface area contributed by atoms with Crippen molar-refractivity contribution in [1.82, 2.24) is 19.5 Å². The quantitative estimate of drug-likeness (QED) is 0.850. The third-order valence-corrected chi connectivity index (χ3v) is 4.28. The molecule has 1 aliphatic rings. The van der Waals surface area contributed by atoms with E-state index >= 15 is 0 Å². The number of rotatable bonds is 5. The van der Waals surface area contributed by atoms with Crippen molar-refractivity contribution in [3.63, 3.8) is 0 Å². The van der Waals surface area contributed by atoms with Gasteiger partial charge >= 0.3 is 0 Å². The number of nitrogens with zero attached hydrogens (tertiary/aromatic N) is 4. The molecular weight excluding hydrogens is 325 g/mol. The number of aliphatic hydroxyl groups is 1. The minimum Gasteiger partial charge on any atom is -0.479 e. The molecule has 1 aliphatic heterocycles. The van der Waals surface area contributed by atoms with E-state index in [4.69, 9.17) is 21.4 Å². The molecule has 0 unspecified atom stereocenters. The lowest BCUT2D eigenvalue weighted by atomic mass is 10.0. The van der Waals surface area contributed by atoms with Gasteiger partial charge in [0.05, 0.1) is 24.8 Å². The number of hydrogen-bond donors (Lipinski definition) is 2. The summed E-state index contributed by atoms with van der Waals surface area (Å²) in [5.74, 6) is 0.635. The number of aliphatic hydroxyl groups excluding tert-OH is 1. The number of methoxy groups -OCH3 is 1. The van der Waals surface area contributed by atoms with Crippen molar-refractivity contribution in [2.45, 2.75) is 18.6 Å². The Balaban J connectivity index is 1.77. The molecule has 1 saturated heterocycles. The smallest absolute Gasteiger partial charge is 0.244 e. The predicted octanol–water partition coefficient (Wildman–Crippen LogP) is 1.21. The average molecular weight is 344 g/mol. The van der Waals surface area contributed by atoms with Crippen molar-refractivity contribution in [1.29, 1.82) is 0 Å². The van der Waals surface area contributed by atoms with Crippen LogP contribution in [-0.2, 0) is 0 Å². The maximum atomic E-state index is 14.3. The van der Waals surface area contributed by atoms with Crippen molar-refractivity contribution in [3.8, 4) is 5.88 Å². The van der Waals surface area contributed by atoms with Crippen LogP contribution in [0.4, 0.5) is 10.3 Å². The monoisotopic (exact) mass is 343 g/mol. The highest BCUT2D eigenvalue weighted by Gasteiger charge is 2.29. The second-order valence-electron chi connectivity index (χ2n) is 5.48. The van der Waals surface area contributed by atoms with Crippen molar-refractivity contribution in [2.24, 2.45) is 0 Å². The van der Waals surface area contributed by atoms with Gasteiger partial charge in [-0.05, 0) is 12.5 Å². The molecule has 0 bridgehead atoms. The van der Waals surface area contributed by atoms with Crippen molar-refractivity contribution in [2.75, 3.05) is 38.7 Å². The van der Waals surface area contributed by atoms with Crippen LogP contribution in [-0.4, -0.2) is 70.2 Å². The van der Waals surface area contributed by atoms with Gasteiger partial charge in [-0.3, -0.25) is 4.90 Å². The predicted molar refractivity (Wildman–Crippen MR) is 85.0 cm³/mol. The van der Waals surface area contributed by atoms with Gasteiger partial charge in [-0.2, -0.15) is 4.98 Å². The maximum Gasteiger partial charge on any atom is 0.244 e. The highest BCUT2D eigenvalue weighted by molar-refractivity contribution is 6.34. The fraction of sp³-hybridized carbons (Fsp3) is 0.571. The molecule has 0 aromatic carbocycles. The number of anilines is 1. The Kier molecular flexibility index (Phi) is 4.84. The number of halogens is 2. The molecule has 3 rings (SSSR count). The number of ether oxygens (including phenoxy) is 1. The summed E-state index contributed by atoms with van der Waals surface area (Å²) >= 11 is 6.08. The zero-order valence-corrected chi connectivity index (χ0v) is 13.5. The molecule has 1 fully saturated rings. The fourth-order valence-electron chi connectivity index (χ4n) is 2.80. The molecule has 2 N–H and O–H groups in total. The van der Waals surface area contributed by atoms with Gasteiger partial charge in [-0.15, -0.1) is 5.10 Å². The fourth-order valence-corrected chi connectivity index (χ4v) is 3.02. The molecule has 7 nitrogen and oxygen atoms in total. The molecular formula is C14H19ClFN5O2. The second kappa shape index (κ2) is 6.86. The molecule has 2 aromatic heterocycles. The molecule has 0 saturated carbocycles. The highest BCUT2D eigenvalue weighted by Crippen LogP contribution is 2.27. The lowest BCUT2D eigenvalue weighted by Gasteiger charge is -2.34. The first-order valence-electron chi connectivity index (χ1n) is 7.45. The van der Waals surface area contributed by atoms with Gasteiger partial charge in [-0.25, -0.2) is 8.91 Å². The molecule has 0 amide bonds. The molecule has 2 atom stereocenters. The summed E-state index contributed by atoms with van der Waals surface area (Å²) in [6.07, 6.45) is 1.25. The van der Waals surface area contributed by atoms with E-state index in [0.717, 1.165) is 0 Å². The number of piperidine rings is 1. The summed E-state index contributed by atoms with van der Waals surface area (Å²) in [4.78, 5) is 6.17. The van der Waals surface area contributed by atoms with Crippen molar-refractivity contribution in [3.05, 3.63) is 17.3 Å². The first-order chi connectivity index (χ1) is 11.1. The Bertz CT molecular complexity index is 682. The van der Waals surface area contributed by atoms with E-state index in [1.54, 1.807) is 16.8 Å². The third kappa shape index (κ3) is 3.34. The SMILES string of the molecule is COc1nc(N[C@H]2CCN(CCO)C[C@H]2F)nn2ccc(Cl)c12. The Morgan fingerprint density at radius 2 is 2.39 bits per heavy atom. The second-order valence-corrected chi connectivity index (χ2v) is 5.89. The summed E-state index contributed by atoms with van der Waals surface area (Å²) in [5, 5.41) is 16.8. The van der Waals surface area contributed by atoms with E-state index in [-0.39, 0.29) is 19.2 Å². The summed E-state index contributed by atoms with van der Waals surface area (Å²) in [6.45, 7) is 1.53. The molecule has 0 spiro atoms. The van der Waals surface area contributed by atoms with Crippen LogP contribution >= 0.6 is 11.6 Å². The first-order valence-corrected chi connectivity index (χ1v) is 7.83. The maximum absolute atomic E-state index is 14.3. The first kappa shape index (κ1) is 16.2.